The van der Waals surface area contributed by atoms with Crippen LogP contribution in [-0.2, 0) is 0 Å². The first kappa shape index (κ1) is 17.9. The molecule has 0 amide bonds. The van der Waals surface area contributed by atoms with E-state index >= 15 is 0 Å². The summed E-state index contributed by atoms with van der Waals surface area (Å²) in [5.74, 6) is 0.218. The molecule has 0 heterocycles. The number of nitro benzene ring substituents is 1. The van der Waals surface area contributed by atoms with Crippen LogP contribution in [0.4, 0.5) is 5.69 Å². The minimum Gasteiger partial charge on any atom is -0.492 e. The third kappa shape index (κ3) is 4.55. The van der Waals surface area contributed by atoms with Gasteiger partial charge in [-0.1, -0.05) is 26.0 Å². The molecule has 0 saturated carbocycles. The van der Waals surface area contributed by atoms with E-state index in [0.29, 0.717) is 22.7 Å². The maximum Gasteiger partial charge on any atom is 0.343 e. The van der Waals surface area contributed by atoms with Gasteiger partial charge in [-0.25, -0.2) is 4.79 Å². The van der Waals surface area contributed by atoms with E-state index in [1.807, 2.05) is 13.8 Å². The molecule has 2 aromatic rings. The molecule has 6 nitrogen and oxygen atoms in total. The summed E-state index contributed by atoms with van der Waals surface area (Å²) >= 11 is 3.35. The van der Waals surface area contributed by atoms with Crippen LogP contribution in [0.3, 0.4) is 0 Å². The summed E-state index contributed by atoms with van der Waals surface area (Å²) in [4.78, 5) is 22.6. The lowest BCUT2D eigenvalue weighted by atomic mass is 10.2. The molecule has 0 fully saturated rings. The Morgan fingerprint density at radius 3 is 2.54 bits per heavy atom. The average molecular weight is 394 g/mol. The number of nitrogens with zero attached hydrogens (tertiary/aromatic N) is 1. The number of hydrogen-bond donors (Lipinski definition) is 0. The van der Waals surface area contributed by atoms with Crippen molar-refractivity contribution in [3.05, 3.63) is 62.6 Å². The Labute approximate surface area is 147 Å². The lowest BCUT2D eigenvalue weighted by Crippen LogP contribution is -2.10. The monoisotopic (exact) mass is 393 g/mol. The Balaban J connectivity index is 2.16. The van der Waals surface area contributed by atoms with Crippen LogP contribution in [0.25, 0.3) is 0 Å². The highest BCUT2D eigenvalue weighted by Gasteiger charge is 2.18. The lowest BCUT2D eigenvalue weighted by molar-refractivity contribution is -0.385. The third-order valence-electron chi connectivity index (χ3n) is 3.00. The Morgan fingerprint density at radius 1 is 1.21 bits per heavy atom. The van der Waals surface area contributed by atoms with Crippen LogP contribution >= 0.6 is 15.9 Å². The Hall–Kier alpha value is -2.41. The molecule has 7 heteroatoms. The summed E-state index contributed by atoms with van der Waals surface area (Å²) in [7, 11) is 0. The summed E-state index contributed by atoms with van der Waals surface area (Å²) in [6.07, 6.45) is 0. The molecule has 2 rings (SSSR count). The van der Waals surface area contributed by atoms with Crippen LogP contribution in [0.2, 0.25) is 0 Å². The summed E-state index contributed by atoms with van der Waals surface area (Å²) in [5, 5.41) is 11.0. The maximum atomic E-state index is 12.2. The zero-order valence-electron chi connectivity index (χ0n) is 13.2. The van der Waals surface area contributed by atoms with Gasteiger partial charge in [0.05, 0.1) is 21.6 Å². The molecule has 0 saturated heterocycles. The third-order valence-corrected chi connectivity index (χ3v) is 3.62. The Bertz CT molecular complexity index is 760. The number of carbonyl (C=O) groups excluding carboxylic acids is 1. The topological polar surface area (TPSA) is 78.7 Å². The van der Waals surface area contributed by atoms with Crippen molar-refractivity contribution < 1.29 is 19.2 Å². The van der Waals surface area contributed by atoms with Gasteiger partial charge in [0.25, 0.3) is 0 Å². The van der Waals surface area contributed by atoms with Crippen LogP contribution < -0.4 is 9.47 Å². The van der Waals surface area contributed by atoms with E-state index in [1.165, 1.54) is 18.2 Å². The van der Waals surface area contributed by atoms with Crippen molar-refractivity contribution in [2.75, 3.05) is 6.61 Å². The van der Waals surface area contributed by atoms with Gasteiger partial charge in [0.15, 0.2) is 0 Å². The molecule has 126 valence electrons. The van der Waals surface area contributed by atoms with Crippen molar-refractivity contribution in [1.82, 2.24) is 0 Å². The van der Waals surface area contributed by atoms with Gasteiger partial charge in [0.1, 0.15) is 5.75 Å². The summed E-state index contributed by atoms with van der Waals surface area (Å²) in [5.41, 5.74) is -0.00118. The van der Waals surface area contributed by atoms with Gasteiger partial charge in [-0.3, -0.25) is 10.1 Å². The van der Waals surface area contributed by atoms with Gasteiger partial charge >= 0.3 is 11.7 Å². The highest BCUT2D eigenvalue weighted by Crippen LogP contribution is 2.29. The van der Waals surface area contributed by atoms with Gasteiger partial charge in [0.2, 0.25) is 5.75 Å². The minimum atomic E-state index is -0.680. The smallest absolute Gasteiger partial charge is 0.343 e. The Morgan fingerprint density at radius 2 is 1.92 bits per heavy atom. The zero-order chi connectivity index (χ0) is 17.7. The molecule has 0 N–H and O–H groups in total. The van der Waals surface area contributed by atoms with E-state index in [4.69, 9.17) is 9.47 Å². The van der Waals surface area contributed by atoms with Crippen LogP contribution in [0.5, 0.6) is 11.5 Å². The fourth-order valence-corrected chi connectivity index (χ4v) is 2.35. The number of hydrogen-bond acceptors (Lipinski definition) is 5. The predicted octanol–water partition coefficient (Wildman–Crippen LogP) is 4.61. The average Bonchev–Trinajstić information content (AvgIpc) is 2.53. The number of ether oxygens (including phenoxy) is 2. The molecule has 0 spiro atoms. The second kappa shape index (κ2) is 7.92. The van der Waals surface area contributed by atoms with Crippen LogP contribution in [-0.4, -0.2) is 17.5 Å². The number of carbonyl (C=O) groups is 1. The molecule has 0 aliphatic heterocycles. The van der Waals surface area contributed by atoms with Gasteiger partial charge in [0, 0.05) is 6.07 Å². The van der Waals surface area contributed by atoms with Gasteiger partial charge < -0.3 is 9.47 Å². The highest BCUT2D eigenvalue weighted by atomic mass is 79.9. The van der Waals surface area contributed by atoms with Gasteiger partial charge in [-0.15, -0.1) is 0 Å². The number of halogens is 1. The second-order valence-electron chi connectivity index (χ2n) is 5.46. The lowest BCUT2D eigenvalue weighted by Gasteiger charge is -2.11. The van der Waals surface area contributed by atoms with Crippen molar-refractivity contribution in [1.29, 1.82) is 0 Å². The van der Waals surface area contributed by atoms with Gasteiger partial charge in [-0.05, 0) is 46.1 Å². The largest absolute Gasteiger partial charge is 0.492 e. The molecule has 0 aliphatic rings. The molecule has 0 bridgehead atoms. The molecular formula is C17H16BrNO5. The van der Waals surface area contributed by atoms with Crippen molar-refractivity contribution >= 4 is 27.6 Å². The molecule has 2 aromatic carbocycles. The summed E-state index contributed by atoms with van der Waals surface area (Å²) < 4.78 is 11.4. The Kier molecular flexibility index (Phi) is 5.92. The fourth-order valence-electron chi connectivity index (χ4n) is 1.85. The predicted molar refractivity (Wildman–Crippen MR) is 92.5 cm³/mol. The van der Waals surface area contributed by atoms with E-state index in [-0.39, 0.29) is 17.0 Å². The molecule has 24 heavy (non-hydrogen) atoms. The summed E-state index contributed by atoms with van der Waals surface area (Å²) in [6.45, 7) is 4.62. The highest BCUT2D eigenvalue weighted by molar-refractivity contribution is 9.10. The molecule has 0 radical (unpaired) electrons. The molecule has 0 unspecified atom stereocenters. The van der Waals surface area contributed by atoms with E-state index in [1.54, 1.807) is 24.3 Å². The minimum absolute atomic E-state index is 0.0937. The molecule has 0 atom stereocenters. The van der Waals surface area contributed by atoms with E-state index in [2.05, 4.69) is 15.9 Å². The fraction of sp³-hybridized carbons (Fsp3) is 0.235. The van der Waals surface area contributed by atoms with Crippen molar-refractivity contribution in [3.63, 3.8) is 0 Å². The van der Waals surface area contributed by atoms with Crippen LogP contribution in [0.1, 0.15) is 24.2 Å². The quantitative estimate of drug-likeness (QED) is 0.309. The molecule has 0 aromatic heterocycles. The first-order valence-corrected chi connectivity index (χ1v) is 8.05. The van der Waals surface area contributed by atoms with Crippen molar-refractivity contribution in [3.8, 4) is 11.5 Å². The number of esters is 1. The number of benzene rings is 2. The molecular weight excluding hydrogens is 378 g/mol. The number of nitro groups is 1. The zero-order valence-corrected chi connectivity index (χ0v) is 14.8. The standard InChI is InChI=1S/C17H16BrNO5/c1-11(2)10-23-15-8-7-12(9-13(15)18)17(20)24-16-6-4-3-5-14(16)19(21)22/h3-9,11H,10H2,1-2H3. The second-order valence-corrected chi connectivity index (χ2v) is 6.32. The van der Waals surface area contributed by atoms with Crippen molar-refractivity contribution in [2.45, 2.75) is 13.8 Å². The first-order valence-electron chi connectivity index (χ1n) is 7.26. The van der Waals surface area contributed by atoms with Crippen LogP contribution in [0.15, 0.2) is 46.9 Å². The molecule has 0 aliphatic carbocycles. The first-order chi connectivity index (χ1) is 11.4. The normalized spacial score (nSPS) is 10.5. The summed E-state index contributed by atoms with van der Waals surface area (Å²) in [6, 6.07) is 10.5. The van der Waals surface area contributed by atoms with Crippen molar-refractivity contribution in [2.24, 2.45) is 5.92 Å². The SMILES string of the molecule is CC(C)COc1ccc(C(=O)Oc2ccccc2[N+](=O)[O-])cc1Br. The number of rotatable bonds is 6. The maximum absolute atomic E-state index is 12.2. The van der Waals surface area contributed by atoms with E-state index in [0.717, 1.165) is 0 Å². The van der Waals surface area contributed by atoms with Crippen LogP contribution in [0, 0.1) is 16.0 Å². The van der Waals surface area contributed by atoms with Gasteiger partial charge in [-0.2, -0.15) is 0 Å². The van der Waals surface area contributed by atoms with E-state index < -0.39 is 10.9 Å². The number of para-hydroxylation sites is 2. The van der Waals surface area contributed by atoms with E-state index in [9.17, 15) is 14.9 Å².